The lowest BCUT2D eigenvalue weighted by Crippen LogP contribution is -2.11. The van der Waals surface area contributed by atoms with E-state index in [-0.39, 0.29) is 11.9 Å². The van der Waals surface area contributed by atoms with Gasteiger partial charge in [-0.1, -0.05) is 12.1 Å². The third-order valence-corrected chi connectivity index (χ3v) is 3.29. The summed E-state index contributed by atoms with van der Waals surface area (Å²) in [5.41, 5.74) is 2.96. The highest BCUT2D eigenvalue weighted by molar-refractivity contribution is 5.56. The first-order valence-electron chi connectivity index (χ1n) is 6.29. The van der Waals surface area contributed by atoms with Gasteiger partial charge in [0.15, 0.2) is 5.82 Å². The summed E-state index contributed by atoms with van der Waals surface area (Å²) >= 11 is 0. The normalized spacial score (nSPS) is 11.8. The number of hydrogen-bond donors (Lipinski definition) is 1. The minimum Gasteiger partial charge on any atom is -0.361 e. The molecule has 0 spiro atoms. The smallest absolute Gasteiger partial charge is 0.167 e. The van der Waals surface area contributed by atoms with Crippen molar-refractivity contribution >= 4 is 5.82 Å². The van der Waals surface area contributed by atoms with E-state index in [1.54, 1.807) is 12.1 Å². The van der Waals surface area contributed by atoms with Crippen molar-refractivity contribution in [3.63, 3.8) is 0 Å². The van der Waals surface area contributed by atoms with Gasteiger partial charge in [0.05, 0.1) is 11.7 Å². The Labute approximate surface area is 117 Å². The molecule has 2 rings (SSSR count). The molecule has 102 valence electrons. The van der Waals surface area contributed by atoms with Crippen molar-refractivity contribution in [3.8, 4) is 6.07 Å². The van der Waals surface area contributed by atoms with E-state index in [2.05, 4.69) is 21.6 Å². The molecule has 1 heterocycles. The Balaban J connectivity index is 2.28. The molecule has 0 radical (unpaired) electrons. The van der Waals surface area contributed by atoms with E-state index in [0.717, 1.165) is 16.8 Å². The quantitative estimate of drug-likeness (QED) is 0.929. The first-order valence-corrected chi connectivity index (χ1v) is 6.29. The highest BCUT2D eigenvalue weighted by Gasteiger charge is 2.13. The van der Waals surface area contributed by atoms with Crippen molar-refractivity contribution in [2.45, 2.75) is 26.8 Å². The van der Waals surface area contributed by atoms with Gasteiger partial charge in [-0.05, 0) is 44.0 Å². The van der Waals surface area contributed by atoms with Crippen LogP contribution in [0.3, 0.4) is 0 Å². The molecule has 1 aromatic heterocycles. The Hall–Kier alpha value is -2.48. The minimum atomic E-state index is -0.273. The van der Waals surface area contributed by atoms with E-state index in [1.165, 1.54) is 12.1 Å². The van der Waals surface area contributed by atoms with Crippen LogP contribution in [0.1, 0.15) is 35.3 Å². The summed E-state index contributed by atoms with van der Waals surface area (Å²) in [5, 5.41) is 20.4. The molecule has 4 nitrogen and oxygen atoms in total. The van der Waals surface area contributed by atoms with Crippen LogP contribution in [0.15, 0.2) is 24.3 Å². The van der Waals surface area contributed by atoms with Crippen molar-refractivity contribution in [2.24, 2.45) is 0 Å². The first kappa shape index (κ1) is 13.9. The summed E-state index contributed by atoms with van der Waals surface area (Å²) < 4.78 is 12.9. The SMILES string of the molecule is Cc1nnc(N[C@@H](C)c2ccc(F)cc2)c(C#N)c1C. The van der Waals surface area contributed by atoms with Crippen molar-refractivity contribution in [3.05, 3.63) is 52.5 Å². The molecule has 0 fully saturated rings. The molecule has 0 bridgehead atoms. The maximum atomic E-state index is 12.9. The summed E-state index contributed by atoms with van der Waals surface area (Å²) in [6.45, 7) is 5.58. The zero-order valence-corrected chi connectivity index (χ0v) is 11.6. The van der Waals surface area contributed by atoms with E-state index in [1.807, 2.05) is 20.8 Å². The summed E-state index contributed by atoms with van der Waals surface area (Å²) in [6, 6.07) is 8.27. The van der Waals surface area contributed by atoms with Gasteiger partial charge >= 0.3 is 0 Å². The molecule has 20 heavy (non-hydrogen) atoms. The highest BCUT2D eigenvalue weighted by atomic mass is 19.1. The number of halogens is 1. The van der Waals surface area contributed by atoms with Crippen LogP contribution in [-0.2, 0) is 0 Å². The van der Waals surface area contributed by atoms with Crippen LogP contribution < -0.4 is 5.32 Å². The fourth-order valence-corrected chi connectivity index (χ4v) is 1.89. The summed E-state index contributed by atoms with van der Waals surface area (Å²) in [5.74, 6) is 0.178. The van der Waals surface area contributed by atoms with Crippen LogP contribution in [-0.4, -0.2) is 10.2 Å². The number of benzene rings is 1. The van der Waals surface area contributed by atoms with Crippen molar-refractivity contribution in [2.75, 3.05) is 5.32 Å². The van der Waals surface area contributed by atoms with Crippen LogP contribution in [0.5, 0.6) is 0 Å². The average Bonchev–Trinajstić information content (AvgIpc) is 2.44. The van der Waals surface area contributed by atoms with Gasteiger partial charge in [0, 0.05) is 0 Å². The molecule has 5 heteroatoms. The fourth-order valence-electron chi connectivity index (χ4n) is 1.89. The van der Waals surface area contributed by atoms with Gasteiger partial charge in [0.2, 0.25) is 0 Å². The zero-order chi connectivity index (χ0) is 14.7. The van der Waals surface area contributed by atoms with Crippen LogP contribution in [0, 0.1) is 31.0 Å². The Kier molecular flexibility index (Phi) is 3.94. The molecule has 0 aliphatic rings. The second kappa shape index (κ2) is 5.66. The summed E-state index contributed by atoms with van der Waals surface area (Å²) in [6.07, 6.45) is 0. The minimum absolute atomic E-state index is 0.0980. The summed E-state index contributed by atoms with van der Waals surface area (Å²) in [4.78, 5) is 0. The molecule has 2 aromatic rings. The fraction of sp³-hybridized carbons (Fsp3) is 0.267. The molecule has 0 saturated carbocycles. The van der Waals surface area contributed by atoms with Crippen molar-refractivity contribution in [1.29, 1.82) is 5.26 Å². The van der Waals surface area contributed by atoms with E-state index < -0.39 is 0 Å². The van der Waals surface area contributed by atoms with Gasteiger partial charge in [0.1, 0.15) is 17.4 Å². The number of anilines is 1. The lowest BCUT2D eigenvalue weighted by Gasteiger charge is -2.16. The largest absolute Gasteiger partial charge is 0.361 e. The lowest BCUT2D eigenvalue weighted by molar-refractivity contribution is 0.626. The predicted molar refractivity (Wildman–Crippen MR) is 74.7 cm³/mol. The standard InChI is InChI=1S/C15H15FN4/c1-9-10(2)19-20-15(14(9)8-17)18-11(3)12-4-6-13(16)7-5-12/h4-7,11H,1-3H3,(H,18,20)/t11-/m0/s1. The number of rotatable bonds is 3. The van der Waals surface area contributed by atoms with Crippen LogP contribution in [0.2, 0.25) is 0 Å². The number of nitrogens with zero attached hydrogens (tertiary/aromatic N) is 3. The first-order chi connectivity index (χ1) is 9.52. The van der Waals surface area contributed by atoms with E-state index in [4.69, 9.17) is 0 Å². The van der Waals surface area contributed by atoms with Crippen LogP contribution in [0.4, 0.5) is 10.2 Å². The van der Waals surface area contributed by atoms with E-state index in [9.17, 15) is 9.65 Å². The van der Waals surface area contributed by atoms with Crippen molar-refractivity contribution < 1.29 is 4.39 Å². The second-order valence-corrected chi connectivity index (χ2v) is 4.66. The predicted octanol–water partition coefficient (Wildman–Crippen LogP) is 3.28. The van der Waals surface area contributed by atoms with Gasteiger partial charge in [0.25, 0.3) is 0 Å². The topological polar surface area (TPSA) is 61.6 Å². The van der Waals surface area contributed by atoms with E-state index >= 15 is 0 Å². The number of nitrogens with one attached hydrogen (secondary N) is 1. The molecular weight excluding hydrogens is 255 g/mol. The number of hydrogen-bond acceptors (Lipinski definition) is 4. The zero-order valence-electron chi connectivity index (χ0n) is 11.6. The Morgan fingerprint density at radius 3 is 2.45 bits per heavy atom. The number of aryl methyl sites for hydroxylation is 1. The second-order valence-electron chi connectivity index (χ2n) is 4.66. The van der Waals surface area contributed by atoms with Gasteiger partial charge in [-0.25, -0.2) is 4.39 Å². The number of aromatic nitrogens is 2. The van der Waals surface area contributed by atoms with Crippen LogP contribution >= 0.6 is 0 Å². The molecule has 1 aromatic carbocycles. The third-order valence-electron chi connectivity index (χ3n) is 3.29. The Morgan fingerprint density at radius 1 is 1.20 bits per heavy atom. The van der Waals surface area contributed by atoms with Crippen LogP contribution in [0.25, 0.3) is 0 Å². The van der Waals surface area contributed by atoms with Crippen molar-refractivity contribution in [1.82, 2.24) is 10.2 Å². The van der Waals surface area contributed by atoms with Gasteiger partial charge in [-0.3, -0.25) is 0 Å². The molecule has 0 aliphatic carbocycles. The average molecular weight is 270 g/mol. The molecule has 0 amide bonds. The molecule has 0 saturated heterocycles. The van der Waals surface area contributed by atoms with Gasteiger partial charge in [-0.15, -0.1) is 5.10 Å². The maximum Gasteiger partial charge on any atom is 0.167 e. The molecular formula is C15H15FN4. The van der Waals surface area contributed by atoms with Gasteiger partial charge < -0.3 is 5.32 Å². The molecule has 1 N–H and O–H groups in total. The summed E-state index contributed by atoms with van der Waals surface area (Å²) in [7, 11) is 0. The number of nitriles is 1. The molecule has 1 atom stereocenters. The van der Waals surface area contributed by atoms with E-state index in [0.29, 0.717) is 11.4 Å². The Morgan fingerprint density at radius 2 is 1.85 bits per heavy atom. The lowest BCUT2D eigenvalue weighted by atomic mass is 10.1. The highest BCUT2D eigenvalue weighted by Crippen LogP contribution is 2.22. The monoisotopic (exact) mass is 270 g/mol. The van der Waals surface area contributed by atoms with Gasteiger partial charge in [-0.2, -0.15) is 10.4 Å². The molecule has 0 aliphatic heterocycles. The molecule has 0 unspecified atom stereocenters. The Bertz CT molecular complexity index is 659. The third kappa shape index (κ3) is 2.75. The maximum absolute atomic E-state index is 12.9.